The highest BCUT2D eigenvalue weighted by atomic mass is 79.9. The molecule has 2 aromatic heterocycles. The van der Waals surface area contributed by atoms with E-state index < -0.39 is 0 Å². The molecule has 0 unspecified atom stereocenters. The van der Waals surface area contributed by atoms with Crippen molar-refractivity contribution in [2.45, 2.75) is 0 Å². The van der Waals surface area contributed by atoms with E-state index in [1.165, 1.54) is 11.3 Å². The van der Waals surface area contributed by atoms with Gasteiger partial charge in [-0.15, -0.1) is 0 Å². The molecule has 0 saturated carbocycles. The predicted molar refractivity (Wildman–Crippen MR) is 114 cm³/mol. The van der Waals surface area contributed by atoms with E-state index in [0.717, 1.165) is 30.4 Å². The number of halogens is 2. The molecule has 0 aliphatic heterocycles. The monoisotopic (exact) mass is 487 g/mol. The molecule has 0 bridgehead atoms. The number of aromatic nitrogens is 1. The van der Waals surface area contributed by atoms with E-state index in [2.05, 4.69) is 36.8 Å². The maximum absolute atomic E-state index is 12.8. The molecule has 26 heavy (non-hydrogen) atoms. The second-order valence-electron chi connectivity index (χ2n) is 5.80. The summed E-state index contributed by atoms with van der Waals surface area (Å²) in [6, 6.07) is 19.3. The van der Waals surface area contributed by atoms with E-state index in [-0.39, 0.29) is 5.78 Å². The van der Waals surface area contributed by atoms with Gasteiger partial charge in [0.2, 0.25) is 11.5 Å². The lowest BCUT2D eigenvalue weighted by Crippen LogP contribution is -2.06. The van der Waals surface area contributed by atoms with Gasteiger partial charge in [0.15, 0.2) is 0 Å². The molecule has 0 aliphatic rings. The Morgan fingerprint density at radius 1 is 0.885 bits per heavy atom. The van der Waals surface area contributed by atoms with Crippen molar-refractivity contribution in [2.75, 3.05) is 5.73 Å². The number of thiophene rings is 1. The summed E-state index contributed by atoms with van der Waals surface area (Å²) in [4.78, 5) is 17.7. The van der Waals surface area contributed by atoms with Crippen molar-refractivity contribution < 1.29 is 9.78 Å². The average molecular weight is 489 g/mol. The Hall–Kier alpha value is -2.02. The number of aromatic amines is 1. The zero-order chi connectivity index (χ0) is 18.3. The minimum atomic E-state index is -0.0604. The molecule has 128 valence electrons. The molecule has 0 spiro atoms. The Balaban J connectivity index is 1.77. The van der Waals surface area contributed by atoms with Crippen molar-refractivity contribution in [2.24, 2.45) is 0 Å². The van der Waals surface area contributed by atoms with Gasteiger partial charge in [-0.25, -0.2) is 0 Å². The van der Waals surface area contributed by atoms with Crippen LogP contribution in [-0.2, 0) is 0 Å². The number of H-pyrrole nitrogens is 1. The van der Waals surface area contributed by atoms with E-state index in [4.69, 9.17) is 5.73 Å². The highest BCUT2D eigenvalue weighted by Crippen LogP contribution is 2.34. The number of nitrogens with one attached hydrogen (secondary N) is 1. The summed E-state index contributed by atoms with van der Waals surface area (Å²) in [6.45, 7) is 0. The number of carbonyl (C=O) groups excluding carboxylic acids is 1. The fraction of sp³-hybridized carbons (Fsp3) is 0. The highest BCUT2D eigenvalue weighted by Gasteiger charge is 2.22. The number of hydrogen-bond donors (Lipinski definition) is 1. The summed E-state index contributed by atoms with van der Waals surface area (Å²) >= 11 is 8.23. The van der Waals surface area contributed by atoms with Gasteiger partial charge in [-0.1, -0.05) is 43.2 Å². The zero-order valence-corrected chi connectivity index (χ0v) is 17.4. The van der Waals surface area contributed by atoms with Crippen LogP contribution in [0.15, 0.2) is 69.6 Å². The maximum Gasteiger partial charge on any atom is 0.270 e. The van der Waals surface area contributed by atoms with Crippen LogP contribution < -0.4 is 10.7 Å². The molecule has 6 heteroatoms. The first-order valence-corrected chi connectivity index (χ1v) is 10.2. The van der Waals surface area contributed by atoms with E-state index in [0.29, 0.717) is 16.1 Å². The standard InChI is InChI=1S/C20H12Br2N2OS/c21-13-5-1-11(2-6-13)16-10-9-15-17(23)19(26-20(15)24-16)18(25)12-3-7-14(22)8-4-12/h1-10H,23H2/p+1. The van der Waals surface area contributed by atoms with E-state index in [9.17, 15) is 4.79 Å². The van der Waals surface area contributed by atoms with Crippen molar-refractivity contribution >= 4 is 64.9 Å². The summed E-state index contributed by atoms with van der Waals surface area (Å²) in [5.41, 5.74) is 9.47. The van der Waals surface area contributed by atoms with Gasteiger partial charge in [-0.05, 0) is 54.6 Å². The Morgan fingerprint density at radius 2 is 1.50 bits per heavy atom. The average Bonchev–Trinajstić information content (AvgIpc) is 2.98. The summed E-state index contributed by atoms with van der Waals surface area (Å²) in [6.07, 6.45) is 0. The van der Waals surface area contributed by atoms with Crippen LogP contribution in [0, 0.1) is 0 Å². The fourth-order valence-corrected chi connectivity index (χ4v) is 4.36. The molecule has 0 aliphatic carbocycles. The van der Waals surface area contributed by atoms with Crippen molar-refractivity contribution in [1.29, 1.82) is 0 Å². The van der Waals surface area contributed by atoms with E-state index in [1.807, 2.05) is 48.5 Å². The topological polar surface area (TPSA) is 57.2 Å². The fourth-order valence-electron chi connectivity index (χ4n) is 2.74. The second-order valence-corrected chi connectivity index (χ2v) is 8.65. The maximum atomic E-state index is 12.8. The number of hydrogen-bond acceptors (Lipinski definition) is 3. The Bertz CT molecular complexity index is 1120. The number of carbonyl (C=O) groups is 1. The van der Waals surface area contributed by atoms with Crippen LogP contribution in [0.1, 0.15) is 15.2 Å². The Kier molecular flexibility index (Phi) is 4.65. The van der Waals surface area contributed by atoms with Crippen LogP contribution in [0.5, 0.6) is 0 Å². The van der Waals surface area contributed by atoms with Crippen molar-refractivity contribution in [3.63, 3.8) is 0 Å². The molecule has 2 aromatic carbocycles. The first kappa shape index (κ1) is 17.4. The van der Waals surface area contributed by atoms with Gasteiger partial charge < -0.3 is 5.73 Å². The third-order valence-electron chi connectivity index (χ3n) is 4.12. The second kappa shape index (κ2) is 6.95. The molecular formula is C20H13Br2N2OS+. The molecule has 0 radical (unpaired) electrons. The van der Waals surface area contributed by atoms with Gasteiger partial charge in [0.05, 0.1) is 11.1 Å². The first-order valence-electron chi connectivity index (χ1n) is 7.83. The lowest BCUT2D eigenvalue weighted by molar-refractivity contribution is -0.327. The van der Waals surface area contributed by atoms with Gasteiger partial charge in [0.1, 0.15) is 4.88 Å². The normalized spacial score (nSPS) is 11.0. The Morgan fingerprint density at radius 3 is 2.15 bits per heavy atom. The quantitative estimate of drug-likeness (QED) is 0.375. The SMILES string of the molecule is Nc1c(C(=O)c2ccc(Br)cc2)sc2[nH+]c(-c3ccc(Br)cc3)ccc12. The number of ketones is 1. The van der Waals surface area contributed by atoms with Crippen LogP contribution in [-0.4, -0.2) is 5.78 Å². The molecule has 4 aromatic rings. The third kappa shape index (κ3) is 3.20. The molecule has 0 amide bonds. The number of anilines is 1. The van der Waals surface area contributed by atoms with Crippen molar-refractivity contribution in [3.05, 3.63) is 80.0 Å². The summed E-state index contributed by atoms with van der Waals surface area (Å²) in [5.74, 6) is -0.0604. The predicted octanol–water partition coefficient (Wildman–Crippen LogP) is 5.72. The highest BCUT2D eigenvalue weighted by molar-refractivity contribution is 9.10. The van der Waals surface area contributed by atoms with Crippen LogP contribution in [0.2, 0.25) is 0 Å². The van der Waals surface area contributed by atoms with Gasteiger partial charge >= 0.3 is 0 Å². The number of pyridine rings is 1. The molecule has 2 heterocycles. The van der Waals surface area contributed by atoms with E-state index >= 15 is 0 Å². The zero-order valence-electron chi connectivity index (χ0n) is 13.4. The molecular weight excluding hydrogens is 476 g/mol. The third-order valence-corrected chi connectivity index (χ3v) is 6.31. The summed E-state index contributed by atoms with van der Waals surface area (Å²) < 4.78 is 1.97. The number of benzene rings is 2. The molecule has 3 N–H and O–H groups in total. The van der Waals surface area contributed by atoms with Gasteiger partial charge in [-0.3, -0.25) is 4.79 Å². The number of nitrogens with two attached hydrogens (primary N) is 1. The number of nitrogen functional groups attached to an aromatic ring is 1. The van der Waals surface area contributed by atoms with Crippen molar-refractivity contribution in [3.8, 4) is 11.3 Å². The lowest BCUT2D eigenvalue weighted by Gasteiger charge is -1.99. The van der Waals surface area contributed by atoms with Crippen LogP contribution in [0.4, 0.5) is 5.69 Å². The van der Waals surface area contributed by atoms with Crippen LogP contribution in [0.25, 0.3) is 21.5 Å². The Labute approximate surface area is 171 Å². The molecule has 0 fully saturated rings. The number of fused-ring (bicyclic) bond motifs is 1. The first-order chi connectivity index (χ1) is 12.5. The largest absolute Gasteiger partial charge is 0.397 e. The van der Waals surface area contributed by atoms with E-state index in [1.54, 1.807) is 12.1 Å². The molecule has 3 nitrogen and oxygen atoms in total. The molecule has 0 atom stereocenters. The number of rotatable bonds is 3. The van der Waals surface area contributed by atoms with Crippen LogP contribution in [0.3, 0.4) is 0 Å². The van der Waals surface area contributed by atoms with Gasteiger partial charge in [-0.2, -0.15) is 4.98 Å². The lowest BCUT2D eigenvalue weighted by atomic mass is 10.1. The summed E-state index contributed by atoms with van der Waals surface area (Å²) in [7, 11) is 0. The van der Waals surface area contributed by atoms with Gasteiger partial charge in [0, 0.05) is 26.1 Å². The molecule has 4 rings (SSSR count). The smallest absolute Gasteiger partial charge is 0.270 e. The van der Waals surface area contributed by atoms with Gasteiger partial charge in [0.25, 0.3) is 4.83 Å². The minimum absolute atomic E-state index is 0.0604. The van der Waals surface area contributed by atoms with Crippen LogP contribution >= 0.6 is 43.2 Å². The van der Waals surface area contributed by atoms with Crippen molar-refractivity contribution in [1.82, 2.24) is 0 Å². The molecule has 0 saturated heterocycles. The summed E-state index contributed by atoms with van der Waals surface area (Å²) in [5, 5.41) is 0.872. The minimum Gasteiger partial charge on any atom is -0.397 e.